The van der Waals surface area contributed by atoms with E-state index < -0.39 is 5.97 Å². The van der Waals surface area contributed by atoms with E-state index in [4.69, 9.17) is 9.84 Å². The molecule has 1 aromatic rings. The number of nitriles is 1. The van der Waals surface area contributed by atoms with Gasteiger partial charge in [0.05, 0.1) is 12.7 Å². The van der Waals surface area contributed by atoms with Crippen LogP contribution in [0.25, 0.3) is 6.08 Å². The molecule has 0 spiro atoms. The molecular weight excluding hydrogens is 254 g/mol. The Morgan fingerprint density at radius 3 is 2.75 bits per heavy atom. The number of rotatable bonds is 6. The van der Waals surface area contributed by atoms with Crippen LogP contribution in [-0.4, -0.2) is 18.2 Å². The number of carboxylic acids is 1. The highest BCUT2D eigenvalue weighted by Gasteiger charge is 2.14. The SMILES string of the molecule is CCCCc1cc(C=CC(=O)O)c(C#N)c(C)c1OC. The Hall–Kier alpha value is -2.28. The molecule has 0 atom stereocenters. The van der Waals surface area contributed by atoms with Gasteiger partial charge in [0.25, 0.3) is 0 Å². The molecule has 0 radical (unpaired) electrons. The predicted octanol–water partition coefficient (Wildman–Crippen LogP) is 3.32. The second-order valence-electron chi connectivity index (χ2n) is 4.55. The second kappa shape index (κ2) is 7.34. The standard InChI is InChI=1S/C16H19NO3/c1-4-5-6-13-9-12(7-8-15(18)19)14(10-17)11(2)16(13)20-3/h7-9H,4-6H2,1-3H3,(H,18,19). The fourth-order valence-electron chi connectivity index (χ4n) is 2.17. The van der Waals surface area contributed by atoms with Crippen LogP contribution in [0, 0.1) is 18.3 Å². The summed E-state index contributed by atoms with van der Waals surface area (Å²) in [5.74, 6) is -0.306. The zero-order chi connectivity index (χ0) is 15.1. The van der Waals surface area contributed by atoms with Crippen LogP contribution in [-0.2, 0) is 11.2 Å². The summed E-state index contributed by atoms with van der Waals surface area (Å²) < 4.78 is 5.40. The molecular formula is C16H19NO3. The molecule has 0 bridgehead atoms. The normalized spacial score (nSPS) is 10.5. The third-order valence-corrected chi connectivity index (χ3v) is 3.15. The van der Waals surface area contributed by atoms with E-state index in [2.05, 4.69) is 13.0 Å². The third kappa shape index (κ3) is 3.61. The Labute approximate surface area is 119 Å². The number of hydrogen-bond donors (Lipinski definition) is 1. The average Bonchev–Trinajstić information content (AvgIpc) is 2.42. The molecule has 106 valence electrons. The lowest BCUT2D eigenvalue weighted by molar-refractivity contribution is -0.131. The zero-order valence-corrected chi connectivity index (χ0v) is 12.1. The maximum absolute atomic E-state index is 10.6. The molecule has 4 nitrogen and oxygen atoms in total. The fraction of sp³-hybridized carbons (Fsp3) is 0.375. The number of unbranched alkanes of at least 4 members (excludes halogenated alkanes) is 1. The number of carboxylic acid groups (broad SMARTS) is 1. The maximum Gasteiger partial charge on any atom is 0.328 e. The molecule has 0 aliphatic rings. The van der Waals surface area contributed by atoms with E-state index >= 15 is 0 Å². The highest BCUT2D eigenvalue weighted by molar-refractivity contribution is 5.86. The fourth-order valence-corrected chi connectivity index (χ4v) is 2.17. The Balaban J connectivity index is 3.39. The molecule has 0 heterocycles. The van der Waals surface area contributed by atoms with Crippen LogP contribution in [0.2, 0.25) is 0 Å². The van der Waals surface area contributed by atoms with Crippen molar-refractivity contribution < 1.29 is 14.6 Å². The van der Waals surface area contributed by atoms with E-state index in [-0.39, 0.29) is 0 Å². The minimum Gasteiger partial charge on any atom is -0.496 e. The zero-order valence-electron chi connectivity index (χ0n) is 12.1. The summed E-state index contributed by atoms with van der Waals surface area (Å²) in [5.41, 5.74) is 2.85. The van der Waals surface area contributed by atoms with Gasteiger partial charge in [-0.2, -0.15) is 5.26 Å². The molecule has 4 heteroatoms. The van der Waals surface area contributed by atoms with Crippen molar-refractivity contribution in [3.8, 4) is 11.8 Å². The quantitative estimate of drug-likeness (QED) is 0.807. The number of aryl methyl sites for hydroxylation is 1. The molecule has 1 rings (SSSR count). The molecule has 0 aliphatic heterocycles. The van der Waals surface area contributed by atoms with Gasteiger partial charge < -0.3 is 9.84 Å². The van der Waals surface area contributed by atoms with Gasteiger partial charge in [-0.3, -0.25) is 0 Å². The largest absolute Gasteiger partial charge is 0.496 e. The Bertz CT molecular complexity index is 568. The highest BCUT2D eigenvalue weighted by Crippen LogP contribution is 2.31. The number of hydrogen-bond acceptors (Lipinski definition) is 3. The first kappa shape index (κ1) is 15.8. The first-order valence-corrected chi connectivity index (χ1v) is 6.56. The molecule has 0 aliphatic carbocycles. The van der Waals surface area contributed by atoms with E-state index in [0.29, 0.717) is 11.1 Å². The van der Waals surface area contributed by atoms with Crippen molar-refractivity contribution in [1.82, 2.24) is 0 Å². The van der Waals surface area contributed by atoms with E-state index in [1.807, 2.05) is 13.0 Å². The minimum absolute atomic E-state index is 0.458. The molecule has 1 aromatic carbocycles. The first-order chi connectivity index (χ1) is 9.54. The van der Waals surface area contributed by atoms with Gasteiger partial charge in [0.2, 0.25) is 0 Å². The molecule has 0 amide bonds. The number of ether oxygens (including phenoxy) is 1. The van der Waals surface area contributed by atoms with Crippen molar-refractivity contribution in [2.75, 3.05) is 7.11 Å². The molecule has 0 aromatic heterocycles. The minimum atomic E-state index is -1.03. The summed E-state index contributed by atoms with van der Waals surface area (Å²) in [6.07, 6.45) is 5.43. The van der Waals surface area contributed by atoms with Crippen LogP contribution >= 0.6 is 0 Å². The molecule has 1 N–H and O–H groups in total. The number of aliphatic carboxylic acids is 1. The molecule has 20 heavy (non-hydrogen) atoms. The Kier molecular flexibility index (Phi) is 5.79. The van der Waals surface area contributed by atoms with Crippen molar-refractivity contribution >= 4 is 12.0 Å². The molecule has 0 saturated carbocycles. The van der Waals surface area contributed by atoms with Gasteiger partial charge in [-0.25, -0.2) is 4.79 Å². The van der Waals surface area contributed by atoms with Gasteiger partial charge in [0.1, 0.15) is 11.8 Å². The van der Waals surface area contributed by atoms with E-state index in [9.17, 15) is 10.1 Å². The van der Waals surface area contributed by atoms with Gasteiger partial charge in [-0.05, 0) is 43.0 Å². The van der Waals surface area contributed by atoms with Crippen molar-refractivity contribution in [3.05, 3.63) is 34.4 Å². The predicted molar refractivity (Wildman–Crippen MR) is 77.7 cm³/mol. The molecule has 0 unspecified atom stereocenters. The van der Waals surface area contributed by atoms with Crippen LogP contribution < -0.4 is 4.74 Å². The van der Waals surface area contributed by atoms with Crippen LogP contribution in [0.5, 0.6) is 5.75 Å². The van der Waals surface area contributed by atoms with Gasteiger partial charge in [-0.1, -0.05) is 13.3 Å². The lowest BCUT2D eigenvalue weighted by Gasteiger charge is -2.14. The van der Waals surface area contributed by atoms with Crippen LogP contribution in [0.15, 0.2) is 12.1 Å². The number of carbonyl (C=O) groups is 1. The summed E-state index contributed by atoms with van der Waals surface area (Å²) in [4.78, 5) is 10.6. The monoisotopic (exact) mass is 273 g/mol. The summed E-state index contributed by atoms with van der Waals surface area (Å²) >= 11 is 0. The van der Waals surface area contributed by atoms with Gasteiger partial charge >= 0.3 is 5.97 Å². The summed E-state index contributed by atoms with van der Waals surface area (Å²) in [6.45, 7) is 3.93. The van der Waals surface area contributed by atoms with Crippen molar-refractivity contribution in [3.63, 3.8) is 0 Å². The molecule has 0 fully saturated rings. The van der Waals surface area contributed by atoms with Crippen LogP contribution in [0.3, 0.4) is 0 Å². The Morgan fingerprint density at radius 2 is 2.25 bits per heavy atom. The number of benzene rings is 1. The summed E-state index contributed by atoms with van der Waals surface area (Å²) in [7, 11) is 1.59. The van der Waals surface area contributed by atoms with Crippen molar-refractivity contribution in [2.24, 2.45) is 0 Å². The van der Waals surface area contributed by atoms with Crippen LogP contribution in [0.4, 0.5) is 0 Å². The summed E-state index contributed by atoms with van der Waals surface area (Å²) in [6, 6.07) is 3.97. The topological polar surface area (TPSA) is 70.3 Å². The van der Waals surface area contributed by atoms with Crippen molar-refractivity contribution in [1.29, 1.82) is 5.26 Å². The average molecular weight is 273 g/mol. The number of methoxy groups -OCH3 is 1. The van der Waals surface area contributed by atoms with Crippen molar-refractivity contribution in [2.45, 2.75) is 33.1 Å². The highest BCUT2D eigenvalue weighted by atomic mass is 16.5. The maximum atomic E-state index is 10.6. The smallest absolute Gasteiger partial charge is 0.328 e. The lowest BCUT2D eigenvalue weighted by Crippen LogP contribution is -2.00. The molecule has 0 saturated heterocycles. The number of nitrogens with zero attached hydrogens (tertiary/aromatic N) is 1. The van der Waals surface area contributed by atoms with E-state index in [1.54, 1.807) is 7.11 Å². The third-order valence-electron chi connectivity index (χ3n) is 3.15. The first-order valence-electron chi connectivity index (χ1n) is 6.56. The van der Waals surface area contributed by atoms with E-state index in [0.717, 1.165) is 42.2 Å². The van der Waals surface area contributed by atoms with Gasteiger partial charge in [0.15, 0.2) is 0 Å². The summed E-state index contributed by atoms with van der Waals surface area (Å²) in [5, 5.41) is 18.0. The second-order valence-corrected chi connectivity index (χ2v) is 4.55. The lowest BCUT2D eigenvalue weighted by atomic mass is 9.95. The van der Waals surface area contributed by atoms with E-state index in [1.165, 1.54) is 6.08 Å². The van der Waals surface area contributed by atoms with Gasteiger partial charge in [0, 0.05) is 11.6 Å². The van der Waals surface area contributed by atoms with Crippen LogP contribution in [0.1, 0.15) is 42.0 Å². The Morgan fingerprint density at radius 1 is 1.55 bits per heavy atom. The van der Waals surface area contributed by atoms with Gasteiger partial charge in [-0.15, -0.1) is 0 Å².